The van der Waals surface area contributed by atoms with Crippen molar-refractivity contribution in [3.05, 3.63) is 95.6 Å². The van der Waals surface area contributed by atoms with E-state index in [9.17, 15) is 4.79 Å². The highest BCUT2D eigenvalue weighted by Crippen LogP contribution is 2.46. The summed E-state index contributed by atoms with van der Waals surface area (Å²) in [6.45, 7) is 0. The van der Waals surface area contributed by atoms with Gasteiger partial charge >= 0.3 is 0 Å². The minimum Gasteiger partial charge on any atom is -0.496 e. The van der Waals surface area contributed by atoms with E-state index >= 15 is 0 Å². The first-order chi connectivity index (χ1) is 19.0. The van der Waals surface area contributed by atoms with Gasteiger partial charge < -0.3 is 28.4 Å². The van der Waals surface area contributed by atoms with Crippen LogP contribution in [-0.4, -0.2) is 48.4 Å². The number of carbonyl (C=O) groups excluding carboxylic acids is 1. The van der Waals surface area contributed by atoms with E-state index in [1.54, 1.807) is 66.9 Å². The molecule has 0 aliphatic heterocycles. The molecule has 7 heteroatoms. The molecule has 4 aromatic carbocycles. The van der Waals surface area contributed by atoms with E-state index in [2.05, 4.69) is 0 Å². The number of Topliss-reactive ketones (excluding diaryl/α,β-unsaturated/α-hetero) is 1. The highest BCUT2D eigenvalue weighted by atomic mass is 16.5. The Morgan fingerprint density at radius 2 is 0.872 bits per heavy atom. The first-order valence-electron chi connectivity index (χ1n) is 12.3. The summed E-state index contributed by atoms with van der Waals surface area (Å²) >= 11 is 0. The van der Waals surface area contributed by atoms with Crippen LogP contribution in [0.2, 0.25) is 0 Å². The summed E-state index contributed by atoms with van der Waals surface area (Å²) in [7, 11) is 9.28. The zero-order chi connectivity index (χ0) is 27.9. The molecule has 0 spiro atoms. The quantitative estimate of drug-likeness (QED) is 0.208. The maximum atomic E-state index is 14.4. The molecular weight excluding hydrogens is 496 g/mol. The molecule has 0 bridgehead atoms. The summed E-state index contributed by atoms with van der Waals surface area (Å²) in [6.07, 6.45) is 0. The molecule has 0 radical (unpaired) electrons. The van der Waals surface area contributed by atoms with Gasteiger partial charge in [-0.3, -0.25) is 4.79 Å². The number of methoxy groups -OCH3 is 6. The zero-order valence-corrected chi connectivity index (χ0v) is 22.9. The van der Waals surface area contributed by atoms with Gasteiger partial charge in [0, 0.05) is 28.8 Å². The molecule has 0 saturated heterocycles. The Kier molecular flexibility index (Phi) is 8.61. The molecule has 4 aromatic rings. The second-order valence-electron chi connectivity index (χ2n) is 8.64. The minimum absolute atomic E-state index is 0.161. The Morgan fingerprint density at radius 1 is 0.487 bits per heavy atom. The molecule has 0 amide bonds. The van der Waals surface area contributed by atoms with Gasteiger partial charge in [0.25, 0.3) is 0 Å². The van der Waals surface area contributed by atoms with Crippen LogP contribution in [0.25, 0.3) is 11.1 Å². The van der Waals surface area contributed by atoms with E-state index in [1.165, 1.54) is 0 Å². The molecular formula is C32H32O7. The highest BCUT2D eigenvalue weighted by Gasteiger charge is 2.32. The standard InChI is InChI=1S/C32H32O7/c1-34-25-18-29(38-5)27(36-3)16-23(25)31(24-17-28(37-4)30(39-6)19-26(24)35-2)32(33)22-14-12-21(13-15-22)20-10-8-7-9-11-20/h7-19,31H,1-6H3. The van der Waals surface area contributed by atoms with E-state index in [-0.39, 0.29) is 5.78 Å². The number of hydrogen-bond donors (Lipinski definition) is 0. The largest absolute Gasteiger partial charge is 0.496 e. The second-order valence-corrected chi connectivity index (χ2v) is 8.64. The summed E-state index contributed by atoms with van der Waals surface area (Å²) < 4.78 is 33.6. The smallest absolute Gasteiger partial charge is 0.174 e. The van der Waals surface area contributed by atoms with E-state index in [0.29, 0.717) is 51.2 Å². The van der Waals surface area contributed by atoms with Crippen LogP contribution in [0.4, 0.5) is 0 Å². The third kappa shape index (κ3) is 5.48. The van der Waals surface area contributed by atoms with Crippen molar-refractivity contribution in [1.82, 2.24) is 0 Å². The van der Waals surface area contributed by atoms with Crippen LogP contribution in [0.5, 0.6) is 34.5 Å². The maximum absolute atomic E-state index is 14.4. The van der Waals surface area contributed by atoms with Gasteiger partial charge in [-0.2, -0.15) is 0 Å². The van der Waals surface area contributed by atoms with Crippen molar-refractivity contribution in [1.29, 1.82) is 0 Å². The lowest BCUT2D eigenvalue weighted by Crippen LogP contribution is -2.17. The first-order valence-corrected chi connectivity index (χ1v) is 12.3. The van der Waals surface area contributed by atoms with Crippen molar-refractivity contribution in [3.8, 4) is 45.6 Å². The van der Waals surface area contributed by atoms with Crippen LogP contribution in [0, 0.1) is 0 Å². The molecule has 0 aliphatic rings. The number of rotatable bonds is 11. The number of ether oxygens (including phenoxy) is 6. The van der Waals surface area contributed by atoms with E-state index in [0.717, 1.165) is 11.1 Å². The predicted molar refractivity (Wildman–Crippen MR) is 150 cm³/mol. The molecule has 0 aromatic heterocycles. The van der Waals surface area contributed by atoms with Crippen LogP contribution in [0.3, 0.4) is 0 Å². The lowest BCUT2D eigenvalue weighted by molar-refractivity contribution is 0.0971. The van der Waals surface area contributed by atoms with E-state index in [1.807, 2.05) is 54.6 Å². The number of carbonyl (C=O) groups is 1. The Morgan fingerprint density at radius 3 is 1.28 bits per heavy atom. The Hall–Kier alpha value is -4.65. The molecule has 0 fully saturated rings. The maximum Gasteiger partial charge on any atom is 0.174 e. The Bertz CT molecular complexity index is 1370. The summed E-state index contributed by atoms with van der Waals surface area (Å²) in [5, 5.41) is 0. The van der Waals surface area contributed by atoms with Crippen molar-refractivity contribution in [2.45, 2.75) is 5.92 Å². The van der Waals surface area contributed by atoms with Crippen molar-refractivity contribution in [2.24, 2.45) is 0 Å². The van der Waals surface area contributed by atoms with Crippen LogP contribution in [-0.2, 0) is 0 Å². The normalized spacial score (nSPS) is 10.6. The van der Waals surface area contributed by atoms with E-state index < -0.39 is 5.92 Å². The summed E-state index contributed by atoms with van der Waals surface area (Å²) in [5.41, 5.74) is 3.76. The van der Waals surface area contributed by atoms with Crippen LogP contribution >= 0.6 is 0 Å². The molecule has 39 heavy (non-hydrogen) atoms. The first kappa shape index (κ1) is 27.4. The lowest BCUT2D eigenvalue weighted by atomic mass is 9.83. The fraction of sp³-hybridized carbons (Fsp3) is 0.219. The topological polar surface area (TPSA) is 72.5 Å². The fourth-order valence-corrected chi connectivity index (χ4v) is 4.63. The highest BCUT2D eigenvalue weighted by molar-refractivity contribution is 6.04. The van der Waals surface area contributed by atoms with Gasteiger partial charge in [0.1, 0.15) is 11.5 Å². The zero-order valence-electron chi connectivity index (χ0n) is 22.9. The Labute approximate surface area is 228 Å². The summed E-state index contributed by atoms with van der Waals surface area (Å²) in [6, 6.07) is 24.5. The Balaban J connectivity index is 1.93. The van der Waals surface area contributed by atoms with Gasteiger partial charge in [0.05, 0.1) is 48.6 Å². The molecule has 0 N–H and O–H groups in total. The van der Waals surface area contributed by atoms with Crippen molar-refractivity contribution in [3.63, 3.8) is 0 Å². The van der Waals surface area contributed by atoms with Crippen LogP contribution in [0.15, 0.2) is 78.9 Å². The number of ketones is 1. The second kappa shape index (κ2) is 12.3. The number of benzene rings is 4. The van der Waals surface area contributed by atoms with Crippen molar-refractivity contribution in [2.75, 3.05) is 42.7 Å². The molecule has 0 unspecified atom stereocenters. The average Bonchev–Trinajstić information content (AvgIpc) is 3.00. The third-order valence-corrected chi connectivity index (χ3v) is 6.63. The predicted octanol–water partition coefficient (Wildman–Crippen LogP) is 6.42. The van der Waals surface area contributed by atoms with E-state index in [4.69, 9.17) is 28.4 Å². The van der Waals surface area contributed by atoms with Gasteiger partial charge in [-0.15, -0.1) is 0 Å². The summed E-state index contributed by atoms with van der Waals surface area (Å²) in [4.78, 5) is 14.4. The third-order valence-electron chi connectivity index (χ3n) is 6.63. The van der Waals surface area contributed by atoms with Gasteiger partial charge in [0.15, 0.2) is 28.8 Å². The van der Waals surface area contributed by atoms with Gasteiger partial charge in [-0.05, 0) is 23.3 Å². The van der Waals surface area contributed by atoms with Gasteiger partial charge in [0.2, 0.25) is 0 Å². The van der Waals surface area contributed by atoms with Crippen LogP contribution < -0.4 is 28.4 Å². The number of hydrogen-bond acceptors (Lipinski definition) is 7. The van der Waals surface area contributed by atoms with Crippen molar-refractivity contribution >= 4 is 5.78 Å². The van der Waals surface area contributed by atoms with Crippen molar-refractivity contribution < 1.29 is 33.2 Å². The SMILES string of the molecule is COc1cc(OC)c(C(C(=O)c2ccc(-c3ccccc3)cc2)c2cc(OC)c(OC)cc2OC)cc1OC. The average molecular weight is 529 g/mol. The van der Waals surface area contributed by atoms with Gasteiger partial charge in [-0.1, -0.05) is 54.6 Å². The molecule has 0 atom stereocenters. The lowest BCUT2D eigenvalue weighted by Gasteiger charge is -2.24. The molecule has 202 valence electrons. The monoisotopic (exact) mass is 528 g/mol. The van der Waals surface area contributed by atoms with Crippen LogP contribution in [0.1, 0.15) is 27.4 Å². The summed E-state index contributed by atoms with van der Waals surface area (Å²) in [5.74, 6) is 1.82. The molecule has 0 saturated carbocycles. The van der Waals surface area contributed by atoms with Gasteiger partial charge in [-0.25, -0.2) is 0 Å². The fourth-order valence-electron chi connectivity index (χ4n) is 4.63. The molecule has 4 rings (SSSR count). The molecule has 7 nitrogen and oxygen atoms in total. The minimum atomic E-state index is -0.836. The molecule has 0 heterocycles. The molecule has 0 aliphatic carbocycles.